The first-order valence-electron chi connectivity index (χ1n) is 9.57. The Kier molecular flexibility index (Phi) is 16.5. The van der Waals surface area contributed by atoms with Crippen LogP contribution >= 0.6 is 13.5 Å². The first-order valence-corrected chi connectivity index (χ1v) is 9.57. The second-order valence-corrected chi connectivity index (χ2v) is 6.09. The van der Waals surface area contributed by atoms with E-state index >= 15 is 0 Å². The lowest BCUT2D eigenvalue weighted by Crippen LogP contribution is -2.68. The fraction of sp³-hybridized carbons (Fsp3) is 0.455. The van der Waals surface area contributed by atoms with Crippen molar-refractivity contribution in [3.05, 3.63) is 70.8 Å². The van der Waals surface area contributed by atoms with Crippen molar-refractivity contribution in [1.82, 2.24) is 10.6 Å². The summed E-state index contributed by atoms with van der Waals surface area (Å²) in [5.41, 5.74) is 6.70. The van der Waals surface area contributed by atoms with Gasteiger partial charge in [0.1, 0.15) is 6.67 Å². The lowest BCUT2D eigenvalue weighted by Gasteiger charge is -2.53. The summed E-state index contributed by atoms with van der Waals surface area (Å²) >= 11 is 0. The van der Waals surface area contributed by atoms with Crippen LogP contribution in [-0.4, -0.2) is 29.5 Å². The minimum atomic E-state index is -1.75. The second kappa shape index (κ2) is 16.2. The fourth-order valence-corrected chi connectivity index (χ4v) is 3.11. The average molecular weight is 451 g/mol. The molecule has 3 rings (SSSR count). The largest absolute Gasteiger partial charge is 0.400 e. The van der Waals surface area contributed by atoms with Crippen molar-refractivity contribution >= 4 is 13.5 Å². The summed E-state index contributed by atoms with van der Waals surface area (Å²) in [4.78, 5) is 0. The van der Waals surface area contributed by atoms with E-state index in [2.05, 4.69) is 43.5 Å². The number of hydrazine groups is 1. The summed E-state index contributed by atoms with van der Waals surface area (Å²) in [6.45, 7) is 5.97. The summed E-state index contributed by atoms with van der Waals surface area (Å²) in [6, 6.07) is 15.5. The maximum atomic E-state index is 12.6. The van der Waals surface area contributed by atoms with E-state index in [4.69, 9.17) is 5.11 Å². The van der Waals surface area contributed by atoms with Crippen molar-refractivity contribution in [1.29, 1.82) is 0 Å². The van der Waals surface area contributed by atoms with Crippen LogP contribution in [0.3, 0.4) is 0 Å². The van der Waals surface area contributed by atoms with E-state index in [1.807, 2.05) is 26.0 Å². The molecule has 0 unspecified atom stereocenters. The maximum absolute atomic E-state index is 12.6. The maximum Gasteiger partial charge on any atom is 0.229 e. The normalized spacial score (nSPS) is 19.3. The molecule has 1 saturated heterocycles. The number of aryl methyl sites for hydroxylation is 1. The number of benzene rings is 2. The van der Waals surface area contributed by atoms with E-state index in [1.165, 1.54) is 5.56 Å². The molecule has 30 heavy (non-hydrogen) atoms. The molecule has 2 aromatic rings. The van der Waals surface area contributed by atoms with Crippen LogP contribution < -0.4 is 5.43 Å². The Morgan fingerprint density at radius 1 is 0.967 bits per heavy atom. The first-order chi connectivity index (χ1) is 14.0. The molecule has 8 heteroatoms. The van der Waals surface area contributed by atoms with Crippen LogP contribution in [0.4, 0.5) is 13.2 Å². The first kappa shape index (κ1) is 30.6. The molecule has 3 N–H and O–H groups in total. The SMILES string of the molecule is CC.CCc1ccc([C@]2(C)NN(O)[C@@H]2c2ccc(CF)cc2)cc1.CO.FCF.S.[HH]. The summed E-state index contributed by atoms with van der Waals surface area (Å²) in [5, 5.41) is 18.2. The Balaban J connectivity index is -0.000000786. The molecule has 1 aliphatic rings. The van der Waals surface area contributed by atoms with Crippen molar-refractivity contribution in [3.63, 3.8) is 0 Å². The van der Waals surface area contributed by atoms with E-state index < -0.39 is 13.6 Å². The monoisotopic (exact) mass is 450 g/mol. The van der Waals surface area contributed by atoms with Gasteiger partial charge in [-0.1, -0.05) is 69.3 Å². The highest BCUT2D eigenvalue weighted by molar-refractivity contribution is 7.59. The van der Waals surface area contributed by atoms with Crippen LogP contribution in [0, 0.1) is 0 Å². The lowest BCUT2D eigenvalue weighted by atomic mass is 9.78. The predicted octanol–water partition coefficient (Wildman–Crippen LogP) is 5.76. The van der Waals surface area contributed by atoms with Gasteiger partial charge in [0.25, 0.3) is 0 Å². The molecule has 0 aromatic heterocycles. The molecule has 0 spiro atoms. The topological polar surface area (TPSA) is 55.7 Å². The Labute approximate surface area is 186 Å². The zero-order valence-electron chi connectivity index (χ0n) is 18.3. The van der Waals surface area contributed by atoms with Gasteiger partial charge < -0.3 is 5.11 Å². The minimum Gasteiger partial charge on any atom is -0.400 e. The highest BCUT2D eigenvalue weighted by Gasteiger charge is 2.50. The summed E-state index contributed by atoms with van der Waals surface area (Å²) in [6.07, 6.45) is 1.00. The van der Waals surface area contributed by atoms with Crippen LogP contribution in [0.2, 0.25) is 0 Å². The third-order valence-corrected chi connectivity index (χ3v) is 4.55. The number of aliphatic hydroxyl groups is 1. The quantitative estimate of drug-likeness (QED) is 0.554. The van der Waals surface area contributed by atoms with Crippen molar-refractivity contribution in [2.75, 3.05) is 14.0 Å². The third-order valence-electron chi connectivity index (χ3n) is 4.55. The summed E-state index contributed by atoms with van der Waals surface area (Å²) in [7, 11) is 1.00. The van der Waals surface area contributed by atoms with Crippen LogP contribution in [0.5, 0.6) is 0 Å². The van der Waals surface area contributed by atoms with E-state index in [0.29, 0.717) is 5.56 Å². The van der Waals surface area contributed by atoms with Crippen LogP contribution in [0.15, 0.2) is 48.5 Å². The molecule has 1 aliphatic heterocycles. The zero-order valence-corrected chi connectivity index (χ0v) is 19.3. The molecule has 0 saturated carbocycles. The smallest absolute Gasteiger partial charge is 0.229 e. The molecule has 1 fully saturated rings. The molecule has 174 valence electrons. The van der Waals surface area contributed by atoms with Crippen molar-refractivity contribution in [2.24, 2.45) is 0 Å². The Bertz CT molecular complexity index is 681. The number of hydrogen-bond acceptors (Lipinski definition) is 4. The van der Waals surface area contributed by atoms with Gasteiger partial charge in [-0.05, 0) is 35.6 Å². The van der Waals surface area contributed by atoms with Crippen molar-refractivity contribution in [3.8, 4) is 0 Å². The second-order valence-electron chi connectivity index (χ2n) is 6.09. The number of rotatable bonds is 4. The average Bonchev–Trinajstić information content (AvgIpc) is 2.77. The van der Waals surface area contributed by atoms with Crippen molar-refractivity contribution in [2.45, 2.75) is 52.4 Å². The molecule has 0 aliphatic carbocycles. The molecule has 2 aromatic carbocycles. The summed E-state index contributed by atoms with van der Waals surface area (Å²) < 4.78 is 31.9. The molecule has 4 nitrogen and oxygen atoms in total. The van der Waals surface area contributed by atoms with Gasteiger partial charge in [-0.3, -0.25) is 5.21 Å². The van der Waals surface area contributed by atoms with Crippen LogP contribution in [-0.2, 0) is 18.6 Å². The Morgan fingerprint density at radius 3 is 1.77 bits per heavy atom. The van der Waals surface area contributed by atoms with Gasteiger partial charge in [-0.2, -0.15) is 13.5 Å². The number of hydrogen-bond donors (Lipinski definition) is 3. The van der Waals surface area contributed by atoms with Gasteiger partial charge in [0, 0.05) is 8.54 Å². The van der Waals surface area contributed by atoms with Gasteiger partial charge in [-0.15, -0.1) is 5.17 Å². The predicted molar refractivity (Wildman–Crippen MR) is 123 cm³/mol. The highest BCUT2D eigenvalue weighted by Crippen LogP contribution is 2.45. The highest BCUT2D eigenvalue weighted by atomic mass is 32.1. The molecular formula is C22H37F3N2O2S. The molecule has 2 atom stereocenters. The Hall–Kier alpha value is -1.58. The molecule has 0 amide bonds. The third kappa shape index (κ3) is 7.59. The lowest BCUT2D eigenvalue weighted by molar-refractivity contribution is -0.291. The summed E-state index contributed by atoms with van der Waals surface area (Å²) in [5.74, 6) is 0. The number of nitrogens with one attached hydrogen (secondary N) is 1. The van der Waals surface area contributed by atoms with Gasteiger partial charge in [0.2, 0.25) is 6.93 Å². The fourth-order valence-electron chi connectivity index (χ4n) is 3.11. The number of aliphatic hydroxyl groups excluding tert-OH is 1. The van der Waals surface area contributed by atoms with E-state index in [9.17, 15) is 18.4 Å². The zero-order chi connectivity index (χ0) is 22.4. The van der Waals surface area contributed by atoms with Gasteiger partial charge in [0.05, 0.1) is 11.6 Å². The van der Waals surface area contributed by atoms with E-state index in [1.54, 1.807) is 12.1 Å². The Morgan fingerprint density at radius 2 is 1.40 bits per heavy atom. The standard InChI is InChI=1S/C18H21FN2O.C2H6.CH2F2.CH4O.H2S.H2/c1-3-13-6-10-16(11-7-13)18(2)17(21(22)20-18)15-8-4-14(12-19)5-9-15;1-2;2-1-3;1-2;;/h4-11,17,20,22H,3,12H2,1-2H3;1-2H3;1H2;2H,1H3;1H2;1H/t17-,18+;;;;;/m1...../s1. The number of hydroxylamine groups is 1. The van der Waals surface area contributed by atoms with E-state index in [0.717, 1.165) is 29.8 Å². The van der Waals surface area contributed by atoms with Crippen LogP contribution in [0.1, 0.15) is 57.4 Å². The molecule has 0 bridgehead atoms. The number of nitrogens with zero attached hydrogens (tertiary/aromatic N) is 1. The minimum absolute atomic E-state index is 0. The molecular weight excluding hydrogens is 413 g/mol. The number of alkyl halides is 3. The van der Waals surface area contributed by atoms with Crippen LogP contribution in [0.25, 0.3) is 0 Å². The molecule has 0 radical (unpaired) electrons. The molecule has 1 heterocycles. The van der Waals surface area contributed by atoms with Crippen molar-refractivity contribution < 1.29 is 24.9 Å². The van der Waals surface area contributed by atoms with Gasteiger partial charge >= 0.3 is 0 Å². The number of halogens is 3. The van der Waals surface area contributed by atoms with Gasteiger partial charge in [-0.25, -0.2) is 18.6 Å². The van der Waals surface area contributed by atoms with E-state index in [-0.39, 0.29) is 26.5 Å². The van der Waals surface area contributed by atoms with Gasteiger partial charge in [0.15, 0.2) is 0 Å².